The van der Waals surface area contributed by atoms with Crippen molar-refractivity contribution in [2.75, 3.05) is 0 Å². The minimum atomic E-state index is -2.98. The van der Waals surface area contributed by atoms with Gasteiger partial charge in [-0.15, -0.1) is 0 Å². The van der Waals surface area contributed by atoms with Crippen LogP contribution in [0.3, 0.4) is 0 Å². The molecule has 0 saturated heterocycles. The summed E-state index contributed by atoms with van der Waals surface area (Å²) in [7, 11) is 0. The van der Waals surface area contributed by atoms with Crippen molar-refractivity contribution in [3.05, 3.63) is 66.1 Å². The molecule has 3 nitrogen and oxygen atoms in total. The van der Waals surface area contributed by atoms with Crippen LogP contribution < -0.4 is 4.74 Å². The van der Waals surface area contributed by atoms with Crippen molar-refractivity contribution in [3.8, 4) is 17.0 Å². The molecule has 2 aromatic heterocycles. The third kappa shape index (κ3) is 3.73. The maximum absolute atomic E-state index is 14.3. The Balaban J connectivity index is 1.91. The SMILES string of the molecule is Cc1ccncc1-c1cccnc1OC1=C(F)CC(C(C)(F)F)C=C1. The van der Waals surface area contributed by atoms with Crippen molar-refractivity contribution in [1.82, 2.24) is 9.97 Å². The third-order valence-corrected chi connectivity index (χ3v) is 4.10. The minimum Gasteiger partial charge on any atom is -0.436 e. The Morgan fingerprint density at radius 1 is 1.20 bits per heavy atom. The first-order valence-electron chi connectivity index (χ1n) is 7.85. The van der Waals surface area contributed by atoms with Crippen molar-refractivity contribution in [1.29, 1.82) is 0 Å². The summed E-state index contributed by atoms with van der Waals surface area (Å²) in [5, 5.41) is 0. The van der Waals surface area contributed by atoms with Crippen LogP contribution in [0.15, 0.2) is 60.5 Å². The highest BCUT2D eigenvalue weighted by Crippen LogP contribution is 2.37. The molecular formula is C19H17F3N2O. The van der Waals surface area contributed by atoms with Gasteiger partial charge in [0, 0.05) is 42.1 Å². The Labute approximate surface area is 143 Å². The van der Waals surface area contributed by atoms with E-state index in [0.717, 1.165) is 18.1 Å². The number of allylic oxidation sites excluding steroid dienone is 3. The molecule has 0 spiro atoms. The van der Waals surface area contributed by atoms with Crippen molar-refractivity contribution in [2.45, 2.75) is 26.2 Å². The van der Waals surface area contributed by atoms with E-state index in [1.165, 1.54) is 18.3 Å². The first-order chi connectivity index (χ1) is 11.9. The number of ether oxygens (including phenoxy) is 1. The second-order valence-electron chi connectivity index (χ2n) is 6.04. The standard InChI is InChI=1S/C19H17F3N2O/c1-12-7-9-23-11-15(12)14-4-3-8-24-18(14)25-17-6-5-13(10-16(17)20)19(2,21)22/h3-9,11,13H,10H2,1-2H3. The van der Waals surface area contributed by atoms with Gasteiger partial charge in [0.25, 0.3) is 5.92 Å². The molecule has 1 unspecified atom stereocenters. The van der Waals surface area contributed by atoms with Gasteiger partial charge in [0.2, 0.25) is 5.88 Å². The number of aromatic nitrogens is 2. The molecule has 0 amide bonds. The van der Waals surface area contributed by atoms with Gasteiger partial charge in [-0.3, -0.25) is 4.98 Å². The Kier molecular flexibility index (Phi) is 4.61. The van der Waals surface area contributed by atoms with Crippen molar-refractivity contribution >= 4 is 0 Å². The summed E-state index contributed by atoms with van der Waals surface area (Å²) >= 11 is 0. The summed E-state index contributed by atoms with van der Waals surface area (Å²) < 4.78 is 46.6. The Morgan fingerprint density at radius 2 is 2.00 bits per heavy atom. The summed E-state index contributed by atoms with van der Waals surface area (Å²) in [4.78, 5) is 8.25. The van der Waals surface area contributed by atoms with Crippen LogP contribution in [0.2, 0.25) is 0 Å². The van der Waals surface area contributed by atoms with E-state index in [4.69, 9.17) is 4.74 Å². The lowest BCUT2D eigenvalue weighted by atomic mass is 9.93. The quantitative estimate of drug-likeness (QED) is 0.759. The minimum absolute atomic E-state index is 0.0954. The fraction of sp³-hybridized carbons (Fsp3) is 0.263. The molecule has 0 N–H and O–H groups in total. The molecule has 0 aliphatic heterocycles. The summed E-state index contributed by atoms with van der Waals surface area (Å²) in [6.07, 6.45) is 7.00. The lowest BCUT2D eigenvalue weighted by Gasteiger charge is -2.23. The van der Waals surface area contributed by atoms with E-state index in [9.17, 15) is 13.2 Å². The zero-order valence-corrected chi connectivity index (χ0v) is 13.8. The van der Waals surface area contributed by atoms with Crippen LogP contribution in [-0.4, -0.2) is 15.9 Å². The maximum Gasteiger partial charge on any atom is 0.251 e. The molecule has 0 saturated carbocycles. The number of nitrogens with zero attached hydrogens (tertiary/aromatic N) is 2. The highest BCUT2D eigenvalue weighted by Gasteiger charge is 2.35. The second kappa shape index (κ2) is 6.70. The van der Waals surface area contributed by atoms with Gasteiger partial charge in [0.05, 0.1) is 0 Å². The number of alkyl halides is 2. The van der Waals surface area contributed by atoms with Gasteiger partial charge >= 0.3 is 0 Å². The van der Waals surface area contributed by atoms with Gasteiger partial charge in [-0.2, -0.15) is 0 Å². The van der Waals surface area contributed by atoms with E-state index >= 15 is 0 Å². The van der Waals surface area contributed by atoms with E-state index in [-0.39, 0.29) is 11.6 Å². The molecule has 25 heavy (non-hydrogen) atoms. The summed E-state index contributed by atoms with van der Waals surface area (Å²) in [6.45, 7) is 2.70. The van der Waals surface area contributed by atoms with Gasteiger partial charge in [0.1, 0.15) is 5.83 Å². The predicted molar refractivity (Wildman–Crippen MR) is 88.8 cm³/mol. The van der Waals surface area contributed by atoms with Crippen LogP contribution in [-0.2, 0) is 0 Å². The van der Waals surface area contributed by atoms with Gasteiger partial charge < -0.3 is 4.74 Å². The van der Waals surface area contributed by atoms with E-state index in [1.54, 1.807) is 24.5 Å². The van der Waals surface area contributed by atoms with Gasteiger partial charge in [-0.1, -0.05) is 6.08 Å². The number of rotatable bonds is 4. The van der Waals surface area contributed by atoms with Crippen molar-refractivity contribution in [2.24, 2.45) is 5.92 Å². The molecule has 2 aromatic rings. The molecule has 1 aliphatic carbocycles. The summed E-state index contributed by atoms with van der Waals surface area (Å²) in [5.41, 5.74) is 2.43. The molecule has 2 heterocycles. The van der Waals surface area contributed by atoms with Crippen LogP contribution in [0.4, 0.5) is 13.2 Å². The van der Waals surface area contributed by atoms with E-state index in [1.807, 2.05) is 13.0 Å². The molecule has 0 bridgehead atoms. The van der Waals surface area contributed by atoms with E-state index in [0.29, 0.717) is 5.56 Å². The molecule has 3 rings (SSSR count). The van der Waals surface area contributed by atoms with Crippen LogP contribution in [0.5, 0.6) is 5.88 Å². The van der Waals surface area contributed by atoms with E-state index in [2.05, 4.69) is 9.97 Å². The Bertz CT molecular complexity index is 841. The molecule has 130 valence electrons. The molecule has 1 atom stereocenters. The average molecular weight is 346 g/mol. The zero-order chi connectivity index (χ0) is 18.0. The van der Waals surface area contributed by atoms with Crippen molar-refractivity contribution < 1.29 is 17.9 Å². The van der Waals surface area contributed by atoms with Gasteiger partial charge in [-0.05, 0) is 43.7 Å². The fourth-order valence-electron chi connectivity index (χ4n) is 2.62. The number of halogens is 3. The molecular weight excluding hydrogens is 329 g/mol. The molecule has 0 radical (unpaired) electrons. The highest BCUT2D eigenvalue weighted by atomic mass is 19.3. The topological polar surface area (TPSA) is 35.0 Å². The fourth-order valence-corrected chi connectivity index (χ4v) is 2.62. The number of hydrogen-bond donors (Lipinski definition) is 0. The number of hydrogen-bond acceptors (Lipinski definition) is 3. The Hall–Kier alpha value is -2.63. The van der Waals surface area contributed by atoms with Crippen LogP contribution in [0, 0.1) is 12.8 Å². The van der Waals surface area contributed by atoms with Crippen LogP contribution in [0.25, 0.3) is 11.1 Å². The molecule has 0 fully saturated rings. The lowest BCUT2D eigenvalue weighted by Crippen LogP contribution is -2.24. The maximum atomic E-state index is 14.3. The smallest absolute Gasteiger partial charge is 0.251 e. The molecule has 6 heteroatoms. The van der Waals surface area contributed by atoms with Gasteiger partial charge in [-0.25, -0.2) is 18.2 Å². The van der Waals surface area contributed by atoms with Gasteiger partial charge in [0.15, 0.2) is 5.76 Å². The molecule has 1 aliphatic rings. The zero-order valence-electron chi connectivity index (χ0n) is 13.8. The Morgan fingerprint density at radius 3 is 2.68 bits per heavy atom. The lowest BCUT2D eigenvalue weighted by molar-refractivity contribution is -0.0234. The first kappa shape index (κ1) is 17.2. The van der Waals surface area contributed by atoms with Crippen molar-refractivity contribution in [3.63, 3.8) is 0 Å². The predicted octanol–water partition coefficient (Wildman–Crippen LogP) is 5.24. The highest BCUT2D eigenvalue weighted by molar-refractivity contribution is 5.70. The summed E-state index contributed by atoms with van der Waals surface area (Å²) in [6, 6.07) is 5.38. The monoisotopic (exact) mass is 346 g/mol. The largest absolute Gasteiger partial charge is 0.436 e. The normalized spacial score (nSPS) is 17.7. The van der Waals surface area contributed by atoms with Crippen LogP contribution in [0.1, 0.15) is 18.9 Å². The van der Waals surface area contributed by atoms with Crippen LogP contribution >= 0.6 is 0 Å². The molecule has 0 aromatic carbocycles. The third-order valence-electron chi connectivity index (χ3n) is 4.10. The number of aryl methyl sites for hydroxylation is 1. The number of pyridine rings is 2. The van der Waals surface area contributed by atoms with E-state index < -0.39 is 24.1 Å². The second-order valence-corrected chi connectivity index (χ2v) is 6.04. The average Bonchev–Trinajstić information content (AvgIpc) is 2.57. The summed E-state index contributed by atoms with van der Waals surface area (Å²) in [5.74, 6) is -4.77. The first-order valence-corrected chi connectivity index (χ1v) is 7.85.